The summed E-state index contributed by atoms with van der Waals surface area (Å²) in [6.45, 7) is 0. The molecule has 0 aromatic heterocycles. The Hall–Kier alpha value is 5.45. The van der Waals surface area contributed by atoms with Crippen LogP contribution in [0.25, 0.3) is 0 Å². The van der Waals surface area contributed by atoms with Crippen LogP contribution in [-0.2, 0) is 55.6 Å². The second-order valence-electron chi connectivity index (χ2n) is 0. The first-order valence-corrected chi connectivity index (χ1v) is 0. The van der Waals surface area contributed by atoms with Gasteiger partial charge in [-0.2, -0.15) is 0 Å². The van der Waals surface area contributed by atoms with Crippen molar-refractivity contribution < 1.29 is 96.9 Å². The molecule has 0 amide bonds. The molecule has 0 atom stereocenters. The summed E-state index contributed by atoms with van der Waals surface area (Å²) in [5.41, 5.74) is 0. The third kappa shape index (κ3) is 22.7. The zero-order valence-electron chi connectivity index (χ0n) is 7.18. The van der Waals surface area contributed by atoms with E-state index in [1.54, 1.807) is 0 Å². The molecular formula is H4Ca2CoFeLaTi. The van der Waals surface area contributed by atoms with Crippen molar-refractivity contribution >= 4 is 75.5 Å². The third-order valence-electron chi connectivity index (χ3n) is 0. The summed E-state index contributed by atoms with van der Waals surface area (Å²) in [6.07, 6.45) is 0. The molecule has 0 spiro atoms. The van der Waals surface area contributed by atoms with Crippen LogP contribution >= 0.6 is 0 Å². The van der Waals surface area contributed by atoms with Crippen molar-refractivity contribution in [2.75, 3.05) is 0 Å². The zero-order valence-corrected chi connectivity index (χ0v) is 14.9. The summed E-state index contributed by atoms with van der Waals surface area (Å²) in [4.78, 5) is 0. The minimum absolute atomic E-state index is 0. The standard InChI is InChI=1S/2Ca.Co.Fe.La.Ti.4H/q2*+2;;;;;4*-1. The molecule has 32 valence electrons. The normalized spacial score (nSPS) is 0. The second kappa shape index (κ2) is 31.4. The van der Waals surface area contributed by atoms with Crippen LogP contribution < -0.4 is 0 Å². The molecular weight excluding hydrogens is 382 g/mol. The van der Waals surface area contributed by atoms with E-state index in [-0.39, 0.29) is 172 Å². The topological polar surface area (TPSA) is 0 Å². The van der Waals surface area contributed by atoms with Gasteiger partial charge in [0, 0.05) is 91.2 Å². The van der Waals surface area contributed by atoms with Crippen LogP contribution in [0.15, 0.2) is 0 Å². The Morgan fingerprint density at radius 3 is 1.00 bits per heavy atom. The molecule has 0 nitrogen and oxygen atoms in total. The minimum atomic E-state index is 0. The zero-order chi connectivity index (χ0) is 0. The maximum atomic E-state index is 0. The van der Waals surface area contributed by atoms with Crippen molar-refractivity contribution in [2.45, 2.75) is 0 Å². The SMILES string of the molecule is [Ca+2].[Ca+2].[Co].[Fe].[H-].[H-].[H-].[H-].[La].[Ti]. The summed E-state index contributed by atoms with van der Waals surface area (Å²) in [5, 5.41) is 0. The van der Waals surface area contributed by atoms with Crippen molar-refractivity contribution in [1.82, 2.24) is 0 Å². The Bertz CT molecular complexity index is 23.2. The Morgan fingerprint density at radius 1 is 1.00 bits per heavy atom. The fourth-order valence-corrected chi connectivity index (χ4v) is 0. The number of rotatable bonds is 0. The molecule has 2 radical (unpaired) electrons. The Balaban J connectivity index is 0. The van der Waals surface area contributed by atoms with Gasteiger partial charge in [-0.3, -0.25) is 0 Å². The Labute approximate surface area is 168 Å². The molecule has 0 bridgehead atoms. The van der Waals surface area contributed by atoms with E-state index in [2.05, 4.69) is 0 Å². The van der Waals surface area contributed by atoms with Crippen LogP contribution in [0.2, 0.25) is 0 Å². The van der Waals surface area contributed by atoms with E-state index in [4.69, 9.17) is 0 Å². The maximum absolute atomic E-state index is 0. The summed E-state index contributed by atoms with van der Waals surface area (Å²) in [7, 11) is 0. The van der Waals surface area contributed by atoms with Crippen molar-refractivity contribution in [2.24, 2.45) is 0 Å². The largest absolute Gasteiger partial charge is 2.00 e. The summed E-state index contributed by atoms with van der Waals surface area (Å²) in [6, 6.07) is 0. The van der Waals surface area contributed by atoms with Crippen LogP contribution in [0.1, 0.15) is 5.71 Å². The van der Waals surface area contributed by atoms with E-state index < -0.39 is 0 Å². The first-order valence-electron chi connectivity index (χ1n) is 0. The van der Waals surface area contributed by atoms with Gasteiger partial charge in [0.2, 0.25) is 0 Å². The van der Waals surface area contributed by atoms with E-state index >= 15 is 0 Å². The van der Waals surface area contributed by atoms with Crippen LogP contribution in [0, 0.1) is 35.6 Å². The van der Waals surface area contributed by atoms with Crippen LogP contribution in [0.5, 0.6) is 0 Å². The van der Waals surface area contributed by atoms with Crippen molar-refractivity contribution in [3.63, 3.8) is 0 Å². The predicted octanol–water partition coefficient (Wildman–Crippen LogP) is -0.319. The van der Waals surface area contributed by atoms with Crippen LogP contribution in [-0.4, -0.2) is 75.5 Å². The van der Waals surface area contributed by atoms with Gasteiger partial charge < -0.3 is 5.71 Å². The summed E-state index contributed by atoms with van der Waals surface area (Å²) < 4.78 is 0. The molecule has 0 aliphatic rings. The molecule has 6 heteroatoms. The molecule has 0 unspecified atom stereocenters. The number of hydrogen-bond donors (Lipinski definition) is 0. The van der Waals surface area contributed by atoms with Gasteiger partial charge in [0.1, 0.15) is 0 Å². The van der Waals surface area contributed by atoms with E-state index in [0.717, 1.165) is 0 Å². The molecule has 0 aliphatic heterocycles. The van der Waals surface area contributed by atoms with Gasteiger partial charge >= 0.3 is 75.5 Å². The molecule has 0 saturated carbocycles. The molecule has 6 heavy (non-hydrogen) atoms. The molecule has 0 aromatic carbocycles. The molecule has 0 aliphatic carbocycles. The van der Waals surface area contributed by atoms with Gasteiger partial charge in [-0.15, -0.1) is 0 Å². The Kier molecular flexibility index (Phi) is 220. The molecule has 0 N–H and O–H groups in total. The molecule has 0 fully saturated rings. The first-order chi connectivity index (χ1) is 0. The fourth-order valence-electron chi connectivity index (χ4n) is 0. The summed E-state index contributed by atoms with van der Waals surface area (Å²) >= 11 is 0. The monoisotopic (exact) mass is 386 g/mol. The molecule has 0 saturated heterocycles. The number of hydrogen-bond acceptors (Lipinski definition) is 0. The predicted molar refractivity (Wildman–Crippen MR) is 16.0 cm³/mol. The van der Waals surface area contributed by atoms with Gasteiger partial charge in [0.25, 0.3) is 0 Å². The van der Waals surface area contributed by atoms with Crippen LogP contribution in [0.3, 0.4) is 0 Å². The summed E-state index contributed by atoms with van der Waals surface area (Å²) in [5.74, 6) is 0. The second-order valence-corrected chi connectivity index (χ2v) is 0. The third-order valence-corrected chi connectivity index (χ3v) is 0. The van der Waals surface area contributed by atoms with Crippen molar-refractivity contribution in [3.8, 4) is 0 Å². The average Bonchev–Trinajstić information content (AvgIpc) is 0. The fraction of sp³-hybridized carbons (Fsp3) is 0. The molecule has 0 aromatic rings. The van der Waals surface area contributed by atoms with Crippen LogP contribution in [0.4, 0.5) is 0 Å². The molecule has 0 rings (SSSR count). The van der Waals surface area contributed by atoms with Gasteiger partial charge in [0.15, 0.2) is 0 Å². The first kappa shape index (κ1) is 42.1. The van der Waals surface area contributed by atoms with Gasteiger partial charge in [0.05, 0.1) is 0 Å². The average molecular weight is 386 g/mol. The van der Waals surface area contributed by atoms with E-state index in [0.29, 0.717) is 0 Å². The van der Waals surface area contributed by atoms with Gasteiger partial charge in [-0.1, -0.05) is 0 Å². The van der Waals surface area contributed by atoms with Crippen molar-refractivity contribution in [3.05, 3.63) is 0 Å². The smallest absolute Gasteiger partial charge is 1.00 e. The van der Waals surface area contributed by atoms with Gasteiger partial charge in [-0.05, 0) is 0 Å². The molecule has 0 heterocycles. The Morgan fingerprint density at radius 2 is 1.00 bits per heavy atom. The maximum Gasteiger partial charge on any atom is 2.00 e. The van der Waals surface area contributed by atoms with Gasteiger partial charge in [-0.25, -0.2) is 0 Å². The van der Waals surface area contributed by atoms with Crippen molar-refractivity contribution in [1.29, 1.82) is 0 Å². The minimum Gasteiger partial charge on any atom is -1.00 e. The van der Waals surface area contributed by atoms with E-state index in [1.165, 1.54) is 0 Å². The van der Waals surface area contributed by atoms with E-state index in [1.807, 2.05) is 0 Å². The van der Waals surface area contributed by atoms with E-state index in [9.17, 15) is 0 Å². The quantitative estimate of drug-likeness (QED) is 0.502.